The molecule has 0 saturated carbocycles. The summed E-state index contributed by atoms with van der Waals surface area (Å²) in [7, 11) is 0. The van der Waals surface area contributed by atoms with Crippen LogP contribution >= 0.6 is 0 Å². The van der Waals surface area contributed by atoms with Crippen LogP contribution in [0.5, 0.6) is 0 Å². The van der Waals surface area contributed by atoms with Gasteiger partial charge in [-0.3, -0.25) is 15.0 Å². The maximum atomic E-state index is 13.1. The highest BCUT2D eigenvalue weighted by Crippen LogP contribution is 2.38. The molecule has 0 radical (unpaired) electrons. The van der Waals surface area contributed by atoms with Crippen molar-refractivity contribution in [1.82, 2.24) is 4.90 Å². The monoisotopic (exact) mass is 432 g/mol. The summed E-state index contributed by atoms with van der Waals surface area (Å²) in [5.74, 6) is -0.525. The molecule has 0 spiro atoms. The number of nitrogens with zero attached hydrogens (tertiary/aromatic N) is 2. The molecular weight excluding hydrogens is 408 g/mol. The van der Waals surface area contributed by atoms with Crippen LogP contribution in [0.25, 0.3) is 0 Å². The third-order valence-electron chi connectivity index (χ3n) is 5.54. The van der Waals surface area contributed by atoms with Gasteiger partial charge in [0.05, 0.1) is 29.7 Å². The van der Waals surface area contributed by atoms with Gasteiger partial charge in [-0.25, -0.2) is 4.79 Å². The molecule has 4 rings (SSSR count). The minimum atomic E-state index is -0.570. The lowest BCUT2D eigenvalue weighted by Gasteiger charge is -2.39. The van der Waals surface area contributed by atoms with Crippen molar-refractivity contribution in [1.29, 1.82) is 0 Å². The molecular formula is C25H24N2O5. The third kappa shape index (κ3) is 5.01. The zero-order valence-corrected chi connectivity index (χ0v) is 17.5. The zero-order valence-electron chi connectivity index (χ0n) is 17.5. The molecule has 1 heterocycles. The predicted molar refractivity (Wildman–Crippen MR) is 119 cm³/mol. The maximum absolute atomic E-state index is 13.1. The second-order valence-corrected chi connectivity index (χ2v) is 7.54. The first-order valence-electron chi connectivity index (χ1n) is 10.5. The van der Waals surface area contributed by atoms with Crippen LogP contribution < -0.4 is 0 Å². The lowest BCUT2D eigenvalue weighted by atomic mass is 9.93. The molecule has 164 valence electrons. The van der Waals surface area contributed by atoms with Gasteiger partial charge in [-0.05, 0) is 23.3 Å². The Bertz CT molecular complexity index is 1030. The summed E-state index contributed by atoms with van der Waals surface area (Å²) < 4.78 is 11.6. The van der Waals surface area contributed by atoms with E-state index in [2.05, 4.69) is 4.90 Å². The average molecular weight is 432 g/mol. The highest BCUT2D eigenvalue weighted by molar-refractivity contribution is 5.89. The Labute approximate surface area is 186 Å². The van der Waals surface area contributed by atoms with E-state index < -0.39 is 17.0 Å². The van der Waals surface area contributed by atoms with Crippen LogP contribution in [0.2, 0.25) is 0 Å². The van der Waals surface area contributed by atoms with Crippen LogP contribution in [0.1, 0.15) is 33.6 Å². The Hall–Kier alpha value is -3.55. The summed E-state index contributed by atoms with van der Waals surface area (Å²) in [5.41, 5.74) is 2.12. The van der Waals surface area contributed by atoms with Gasteiger partial charge in [0.15, 0.2) is 0 Å². The number of hydrogen-bond donors (Lipinski definition) is 0. The van der Waals surface area contributed by atoms with Gasteiger partial charge in [0.2, 0.25) is 0 Å². The van der Waals surface area contributed by atoms with Gasteiger partial charge in [0, 0.05) is 25.2 Å². The van der Waals surface area contributed by atoms with Gasteiger partial charge in [-0.1, -0.05) is 60.7 Å². The number of carbonyl (C=O) groups is 1. The fourth-order valence-electron chi connectivity index (χ4n) is 3.94. The first kappa shape index (κ1) is 21.7. The summed E-state index contributed by atoms with van der Waals surface area (Å²) >= 11 is 0. The molecule has 1 aliphatic heterocycles. The number of non-ortho nitro benzene ring substituents is 1. The molecule has 2 atom stereocenters. The number of rotatable bonds is 7. The van der Waals surface area contributed by atoms with Crippen LogP contribution in [-0.2, 0) is 9.47 Å². The summed E-state index contributed by atoms with van der Waals surface area (Å²) in [6.07, 6.45) is -0.570. The summed E-state index contributed by atoms with van der Waals surface area (Å²) in [6.45, 7) is 2.66. The molecule has 0 aliphatic carbocycles. The second-order valence-electron chi connectivity index (χ2n) is 7.54. The lowest BCUT2D eigenvalue weighted by Crippen LogP contribution is -2.42. The van der Waals surface area contributed by atoms with Gasteiger partial charge in [0.25, 0.3) is 5.69 Å². The van der Waals surface area contributed by atoms with Crippen molar-refractivity contribution < 1.29 is 19.2 Å². The highest BCUT2D eigenvalue weighted by Gasteiger charge is 2.34. The van der Waals surface area contributed by atoms with Crippen LogP contribution in [0.15, 0.2) is 84.9 Å². The van der Waals surface area contributed by atoms with E-state index in [0.717, 1.165) is 24.2 Å². The van der Waals surface area contributed by atoms with Crippen molar-refractivity contribution in [2.24, 2.45) is 0 Å². The standard InChI is InChI=1S/C25H24N2O5/c28-25(21-11-13-22(14-12-21)27(29)30)32-24(20-9-5-2-6-10-20)23(19-7-3-1-4-8-19)26-15-17-31-18-16-26/h1-14,23-24H,15-18H2/t23-,24+/m0/s1. The second kappa shape index (κ2) is 10.2. The largest absolute Gasteiger partial charge is 0.452 e. The van der Waals surface area contributed by atoms with E-state index >= 15 is 0 Å². The molecule has 0 aromatic heterocycles. The van der Waals surface area contributed by atoms with Gasteiger partial charge < -0.3 is 9.47 Å². The van der Waals surface area contributed by atoms with Crippen molar-refractivity contribution in [3.05, 3.63) is 112 Å². The number of nitro groups is 1. The van der Waals surface area contributed by atoms with E-state index in [1.54, 1.807) is 0 Å². The van der Waals surface area contributed by atoms with Gasteiger partial charge in [0.1, 0.15) is 6.10 Å². The quantitative estimate of drug-likeness (QED) is 0.309. The molecule has 1 fully saturated rings. The Morgan fingerprint density at radius 3 is 2.00 bits per heavy atom. The van der Waals surface area contributed by atoms with Crippen molar-refractivity contribution in [2.45, 2.75) is 12.1 Å². The Morgan fingerprint density at radius 2 is 1.44 bits per heavy atom. The number of carbonyl (C=O) groups excluding carboxylic acids is 1. The Balaban J connectivity index is 1.70. The van der Waals surface area contributed by atoms with Gasteiger partial charge in [-0.2, -0.15) is 0 Å². The highest BCUT2D eigenvalue weighted by atomic mass is 16.6. The molecule has 0 amide bonds. The number of hydrogen-bond acceptors (Lipinski definition) is 6. The van der Waals surface area contributed by atoms with Crippen LogP contribution in [0, 0.1) is 10.1 Å². The number of morpholine rings is 1. The van der Waals surface area contributed by atoms with E-state index in [-0.39, 0.29) is 17.3 Å². The summed E-state index contributed by atoms with van der Waals surface area (Å²) in [5, 5.41) is 10.9. The summed E-state index contributed by atoms with van der Waals surface area (Å²) in [4.78, 5) is 25.8. The minimum absolute atomic E-state index is 0.0726. The van der Waals surface area contributed by atoms with E-state index in [1.165, 1.54) is 24.3 Å². The maximum Gasteiger partial charge on any atom is 0.338 e. The van der Waals surface area contributed by atoms with Crippen molar-refractivity contribution in [3.63, 3.8) is 0 Å². The van der Waals surface area contributed by atoms with Gasteiger partial charge in [-0.15, -0.1) is 0 Å². The molecule has 1 saturated heterocycles. The predicted octanol–water partition coefficient (Wildman–Crippen LogP) is 4.57. The Kier molecular flexibility index (Phi) is 6.89. The summed E-state index contributed by atoms with van der Waals surface area (Å²) in [6, 6.07) is 24.9. The fourth-order valence-corrected chi connectivity index (χ4v) is 3.94. The number of benzene rings is 3. The van der Waals surface area contributed by atoms with Crippen LogP contribution in [-0.4, -0.2) is 42.1 Å². The Morgan fingerprint density at radius 1 is 0.875 bits per heavy atom. The average Bonchev–Trinajstić information content (AvgIpc) is 2.85. The molecule has 3 aromatic carbocycles. The number of nitro benzene ring substituents is 1. The van der Waals surface area contributed by atoms with Crippen molar-refractivity contribution in [2.75, 3.05) is 26.3 Å². The van der Waals surface area contributed by atoms with Crippen LogP contribution in [0.3, 0.4) is 0 Å². The first-order chi connectivity index (χ1) is 15.6. The SMILES string of the molecule is O=C(O[C@H](c1ccccc1)[C@H](c1ccccc1)N1CCOCC1)c1ccc([N+](=O)[O-])cc1. The zero-order chi connectivity index (χ0) is 22.3. The van der Waals surface area contributed by atoms with Crippen LogP contribution in [0.4, 0.5) is 5.69 Å². The number of esters is 1. The van der Waals surface area contributed by atoms with Crippen molar-refractivity contribution in [3.8, 4) is 0 Å². The molecule has 1 aliphatic rings. The van der Waals surface area contributed by atoms with Gasteiger partial charge >= 0.3 is 5.97 Å². The topological polar surface area (TPSA) is 81.9 Å². The molecule has 32 heavy (non-hydrogen) atoms. The molecule has 0 bridgehead atoms. The lowest BCUT2D eigenvalue weighted by molar-refractivity contribution is -0.384. The minimum Gasteiger partial charge on any atom is -0.452 e. The normalized spacial score (nSPS) is 16.1. The molecule has 7 nitrogen and oxygen atoms in total. The molecule has 3 aromatic rings. The number of ether oxygens (including phenoxy) is 2. The molecule has 7 heteroatoms. The molecule has 0 N–H and O–H groups in total. The smallest absolute Gasteiger partial charge is 0.338 e. The third-order valence-corrected chi connectivity index (χ3v) is 5.54. The van der Waals surface area contributed by atoms with E-state index in [9.17, 15) is 14.9 Å². The van der Waals surface area contributed by atoms with E-state index in [4.69, 9.17) is 9.47 Å². The van der Waals surface area contributed by atoms with E-state index in [1.807, 2.05) is 60.7 Å². The van der Waals surface area contributed by atoms with Crippen molar-refractivity contribution >= 4 is 11.7 Å². The van der Waals surface area contributed by atoms with E-state index in [0.29, 0.717) is 13.2 Å². The fraction of sp³-hybridized carbons (Fsp3) is 0.240. The molecule has 0 unspecified atom stereocenters. The first-order valence-corrected chi connectivity index (χ1v) is 10.5.